The Bertz CT molecular complexity index is 622. The highest BCUT2D eigenvalue weighted by Crippen LogP contribution is 2.07. The fourth-order valence-electron chi connectivity index (χ4n) is 1.88. The molecule has 2 N–H and O–H groups in total. The standard InChI is InChI=1S/C15H16N2O4/c1-10(4-5-12-3-2-8-21-12)17-14(18)11-6-7-16-13(9-11)15(19)20/h2-3,6-10H,4-5H2,1H3,(H,17,18)(H,19,20). The summed E-state index contributed by atoms with van der Waals surface area (Å²) < 4.78 is 5.23. The first-order chi connectivity index (χ1) is 10.1. The lowest BCUT2D eigenvalue weighted by atomic mass is 10.1. The normalized spacial score (nSPS) is 11.9. The highest BCUT2D eigenvalue weighted by molar-refractivity contribution is 5.96. The van der Waals surface area contributed by atoms with Crippen LogP contribution < -0.4 is 5.32 Å². The molecule has 6 heteroatoms. The maximum Gasteiger partial charge on any atom is 0.354 e. The molecule has 0 aromatic carbocycles. The first-order valence-corrected chi connectivity index (χ1v) is 6.59. The van der Waals surface area contributed by atoms with Crippen molar-refractivity contribution in [3.8, 4) is 0 Å². The van der Waals surface area contributed by atoms with Gasteiger partial charge in [0.1, 0.15) is 11.5 Å². The van der Waals surface area contributed by atoms with Crippen molar-refractivity contribution in [3.05, 3.63) is 53.7 Å². The summed E-state index contributed by atoms with van der Waals surface area (Å²) in [6.45, 7) is 1.89. The van der Waals surface area contributed by atoms with Gasteiger partial charge in [-0.15, -0.1) is 0 Å². The van der Waals surface area contributed by atoms with E-state index in [9.17, 15) is 9.59 Å². The van der Waals surface area contributed by atoms with Crippen LogP contribution in [0.2, 0.25) is 0 Å². The lowest BCUT2D eigenvalue weighted by Crippen LogP contribution is -2.33. The molecule has 0 aliphatic heterocycles. The summed E-state index contributed by atoms with van der Waals surface area (Å²) in [6, 6.07) is 6.40. The Morgan fingerprint density at radius 2 is 2.24 bits per heavy atom. The van der Waals surface area contributed by atoms with E-state index in [4.69, 9.17) is 9.52 Å². The summed E-state index contributed by atoms with van der Waals surface area (Å²) in [7, 11) is 0. The Kier molecular flexibility index (Phi) is 4.71. The van der Waals surface area contributed by atoms with Crippen molar-refractivity contribution in [3.63, 3.8) is 0 Å². The number of aromatic nitrogens is 1. The molecule has 0 spiro atoms. The van der Waals surface area contributed by atoms with Crippen LogP contribution in [0.4, 0.5) is 0 Å². The number of rotatable bonds is 6. The minimum Gasteiger partial charge on any atom is -0.477 e. The second-order valence-electron chi connectivity index (χ2n) is 4.73. The van der Waals surface area contributed by atoms with Crippen LogP contribution in [0.25, 0.3) is 0 Å². The molecular formula is C15H16N2O4. The van der Waals surface area contributed by atoms with Crippen molar-refractivity contribution >= 4 is 11.9 Å². The van der Waals surface area contributed by atoms with Crippen LogP contribution in [-0.4, -0.2) is 28.0 Å². The molecule has 2 aromatic heterocycles. The van der Waals surface area contributed by atoms with Gasteiger partial charge in [0.25, 0.3) is 5.91 Å². The molecule has 0 fully saturated rings. The fraction of sp³-hybridized carbons (Fsp3) is 0.267. The number of pyridine rings is 1. The number of nitrogens with zero attached hydrogens (tertiary/aromatic N) is 1. The zero-order valence-corrected chi connectivity index (χ0v) is 11.6. The monoisotopic (exact) mass is 288 g/mol. The van der Waals surface area contributed by atoms with Gasteiger partial charge in [-0.1, -0.05) is 0 Å². The van der Waals surface area contributed by atoms with E-state index in [1.54, 1.807) is 6.26 Å². The van der Waals surface area contributed by atoms with E-state index < -0.39 is 5.97 Å². The molecule has 1 unspecified atom stereocenters. The number of carbonyl (C=O) groups is 2. The van der Waals surface area contributed by atoms with Crippen LogP contribution in [0, 0.1) is 0 Å². The lowest BCUT2D eigenvalue weighted by Gasteiger charge is -2.13. The van der Waals surface area contributed by atoms with Gasteiger partial charge < -0.3 is 14.8 Å². The summed E-state index contributed by atoms with van der Waals surface area (Å²) in [5, 5.41) is 11.7. The van der Waals surface area contributed by atoms with Gasteiger partial charge in [0.05, 0.1) is 6.26 Å². The molecule has 0 bridgehead atoms. The number of carboxylic acid groups (broad SMARTS) is 1. The number of nitrogens with one attached hydrogen (secondary N) is 1. The molecule has 0 saturated heterocycles. The third-order valence-electron chi connectivity index (χ3n) is 3.02. The zero-order chi connectivity index (χ0) is 15.2. The fourth-order valence-corrected chi connectivity index (χ4v) is 1.88. The number of amides is 1. The predicted octanol–water partition coefficient (Wildman–Crippen LogP) is 2.12. The summed E-state index contributed by atoms with van der Waals surface area (Å²) in [6.07, 6.45) is 4.39. The SMILES string of the molecule is CC(CCc1ccco1)NC(=O)c1ccnc(C(=O)O)c1. The van der Waals surface area contributed by atoms with Gasteiger partial charge in [-0.25, -0.2) is 9.78 Å². The third-order valence-corrected chi connectivity index (χ3v) is 3.02. The van der Waals surface area contributed by atoms with Crippen molar-refractivity contribution in [2.45, 2.75) is 25.8 Å². The average molecular weight is 288 g/mol. The van der Waals surface area contributed by atoms with E-state index >= 15 is 0 Å². The molecule has 2 heterocycles. The molecule has 0 aliphatic carbocycles. The van der Waals surface area contributed by atoms with E-state index in [1.165, 1.54) is 18.3 Å². The molecule has 21 heavy (non-hydrogen) atoms. The van der Waals surface area contributed by atoms with Gasteiger partial charge in [-0.05, 0) is 37.6 Å². The lowest BCUT2D eigenvalue weighted by molar-refractivity contribution is 0.0690. The average Bonchev–Trinajstić information content (AvgIpc) is 2.98. The van der Waals surface area contributed by atoms with Gasteiger partial charge in [0, 0.05) is 24.2 Å². The Morgan fingerprint density at radius 3 is 2.90 bits per heavy atom. The molecule has 1 atom stereocenters. The summed E-state index contributed by atoms with van der Waals surface area (Å²) in [5.74, 6) is -0.601. The van der Waals surface area contributed by atoms with Crippen molar-refractivity contribution in [2.24, 2.45) is 0 Å². The number of carbonyl (C=O) groups excluding carboxylic acids is 1. The van der Waals surface area contributed by atoms with Crippen LogP contribution in [0.5, 0.6) is 0 Å². The Balaban J connectivity index is 1.91. The van der Waals surface area contributed by atoms with Crippen LogP contribution in [0.1, 0.15) is 40.0 Å². The number of furan rings is 1. The second-order valence-corrected chi connectivity index (χ2v) is 4.73. The van der Waals surface area contributed by atoms with E-state index in [-0.39, 0.29) is 23.2 Å². The molecule has 6 nitrogen and oxygen atoms in total. The van der Waals surface area contributed by atoms with Crippen molar-refractivity contribution in [1.82, 2.24) is 10.3 Å². The van der Waals surface area contributed by atoms with Crippen LogP contribution in [0.15, 0.2) is 41.1 Å². The van der Waals surface area contributed by atoms with Crippen molar-refractivity contribution < 1.29 is 19.1 Å². The molecule has 110 valence electrons. The zero-order valence-electron chi connectivity index (χ0n) is 11.6. The van der Waals surface area contributed by atoms with Gasteiger partial charge in [0.15, 0.2) is 0 Å². The third kappa shape index (κ3) is 4.17. The van der Waals surface area contributed by atoms with Crippen LogP contribution >= 0.6 is 0 Å². The van der Waals surface area contributed by atoms with Gasteiger partial charge in [-0.3, -0.25) is 4.79 Å². The number of hydrogen-bond acceptors (Lipinski definition) is 4. The maximum absolute atomic E-state index is 12.0. The van der Waals surface area contributed by atoms with E-state index in [1.807, 2.05) is 19.1 Å². The van der Waals surface area contributed by atoms with Crippen LogP contribution in [0.3, 0.4) is 0 Å². The number of aromatic carboxylic acids is 1. The second kappa shape index (κ2) is 6.69. The van der Waals surface area contributed by atoms with Crippen molar-refractivity contribution in [2.75, 3.05) is 0 Å². The molecule has 2 aromatic rings. The first-order valence-electron chi connectivity index (χ1n) is 6.59. The molecule has 0 saturated carbocycles. The topological polar surface area (TPSA) is 92.4 Å². The molecule has 2 rings (SSSR count). The summed E-state index contributed by atoms with van der Waals surface area (Å²) in [4.78, 5) is 26.5. The highest BCUT2D eigenvalue weighted by atomic mass is 16.4. The van der Waals surface area contributed by atoms with Gasteiger partial charge in [0.2, 0.25) is 0 Å². The Labute approximate surface area is 121 Å². The van der Waals surface area contributed by atoms with Gasteiger partial charge in [-0.2, -0.15) is 0 Å². The largest absolute Gasteiger partial charge is 0.477 e. The Hall–Kier alpha value is -2.63. The molecule has 1 amide bonds. The number of carboxylic acids is 1. The quantitative estimate of drug-likeness (QED) is 0.849. The van der Waals surface area contributed by atoms with E-state index in [2.05, 4.69) is 10.3 Å². The minimum absolute atomic E-state index is 0.0518. The first kappa shape index (κ1) is 14.8. The predicted molar refractivity (Wildman–Crippen MR) is 75.2 cm³/mol. The van der Waals surface area contributed by atoms with E-state index in [0.717, 1.165) is 18.6 Å². The molecule has 0 aliphatic rings. The minimum atomic E-state index is -1.16. The number of aryl methyl sites for hydroxylation is 1. The highest BCUT2D eigenvalue weighted by Gasteiger charge is 2.13. The summed E-state index contributed by atoms with van der Waals surface area (Å²) >= 11 is 0. The maximum atomic E-state index is 12.0. The number of hydrogen-bond donors (Lipinski definition) is 2. The van der Waals surface area contributed by atoms with Gasteiger partial charge >= 0.3 is 5.97 Å². The Morgan fingerprint density at radius 1 is 1.43 bits per heavy atom. The molecular weight excluding hydrogens is 272 g/mol. The van der Waals surface area contributed by atoms with Crippen LogP contribution in [-0.2, 0) is 6.42 Å². The summed E-state index contributed by atoms with van der Waals surface area (Å²) in [5.41, 5.74) is 0.137. The molecule has 0 radical (unpaired) electrons. The van der Waals surface area contributed by atoms with Crippen molar-refractivity contribution in [1.29, 1.82) is 0 Å². The smallest absolute Gasteiger partial charge is 0.354 e. The van der Waals surface area contributed by atoms with E-state index in [0.29, 0.717) is 0 Å².